The summed E-state index contributed by atoms with van der Waals surface area (Å²) in [4.78, 5) is 34.2. The largest absolute Gasteiger partial charge is 0.497 e. The van der Waals surface area contributed by atoms with Crippen LogP contribution in [-0.2, 0) is 9.59 Å². The Balaban J connectivity index is 1.28. The van der Waals surface area contributed by atoms with Gasteiger partial charge in [0.2, 0.25) is 5.91 Å². The van der Waals surface area contributed by atoms with Crippen LogP contribution < -0.4 is 14.8 Å². The zero-order valence-electron chi connectivity index (χ0n) is 24.7. The van der Waals surface area contributed by atoms with Crippen LogP contribution in [0.15, 0.2) is 42.5 Å². The van der Waals surface area contributed by atoms with E-state index in [-0.39, 0.29) is 29.2 Å². The van der Waals surface area contributed by atoms with Crippen LogP contribution in [0.5, 0.6) is 11.5 Å². The fourth-order valence-corrected chi connectivity index (χ4v) is 8.40. The molecule has 0 unspecified atom stereocenters. The van der Waals surface area contributed by atoms with E-state index in [1.165, 1.54) is 16.6 Å². The van der Waals surface area contributed by atoms with Crippen molar-refractivity contribution in [3.63, 3.8) is 0 Å². The third kappa shape index (κ3) is 4.88. The molecule has 0 spiro atoms. The molecule has 3 aliphatic rings. The van der Waals surface area contributed by atoms with Gasteiger partial charge in [0.15, 0.2) is 0 Å². The van der Waals surface area contributed by atoms with Crippen molar-refractivity contribution >= 4 is 40.2 Å². The summed E-state index contributed by atoms with van der Waals surface area (Å²) in [6, 6.07) is 14.0. The van der Waals surface area contributed by atoms with Crippen molar-refractivity contribution in [2.45, 2.75) is 70.4 Å². The summed E-state index contributed by atoms with van der Waals surface area (Å²) in [6.07, 6.45) is 3.69. The third-order valence-corrected chi connectivity index (χ3v) is 10.7. The average Bonchev–Trinajstić information content (AvgIpc) is 3.86. The number of H-pyrrole nitrogens is 1. The molecule has 0 radical (unpaired) electrons. The van der Waals surface area contributed by atoms with E-state index >= 15 is 0 Å². The molecule has 41 heavy (non-hydrogen) atoms. The van der Waals surface area contributed by atoms with Gasteiger partial charge in [-0.15, -0.1) is 0 Å². The van der Waals surface area contributed by atoms with Crippen molar-refractivity contribution in [1.82, 2.24) is 9.88 Å². The number of benzene rings is 2. The van der Waals surface area contributed by atoms with Gasteiger partial charge in [0.1, 0.15) is 17.0 Å². The van der Waals surface area contributed by atoms with E-state index in [1.54, 1.807) is 20.3 Å². The van der Waals surface area contributed by atoms with Crippen LogP contribution in [0.25, 0.3) is 10.9 Å². The standard InChI is InChI=1S/C33H41N3O4S/c1-20-29(23-8-6-7-9-25(23)34-20)30-24(32(30,2)3)19-28(37)36(21-10-11-21)33(14-16-41-17-15-33)31(38)35-26-13-12-22(39-4)18-27(26)40-5/h6-9,12-13,18,21,24,30,34H,10-11,14-17,19H2,1-5H3,(H,35,38)/t24-,30-/m0/s1. The molecule has 8 heteroatoms. The molecular weight excluding hydrogens is 534 g/mol. The van der Waals surface area contributed by atoms with Crippen molar-refractivity contribution in [2.75, 3.05) is 31.0 Å². The molecule has 218 valence electrons. The predicted molar refractivity (Wildman–Crippen MR) is 165 cm³/mol. The van der Waals surface area contributed by atoms with Crippen LogP contribution in [0.4, 0.5) is 5.69 Å². The van der Waals surface area contributed by atoms with E-state index in [1.807, 2.05) is 28.8 Å². The Kier molecular flexibility index (Phi) is 7.25. The van der Waals surface area contributed by atoms with Crippen LogP contribution >= 0.6 is 11.8 Å². The zero-order chi connectivity index (χ0) is 28.9. The molecule has 1 aromatic heterocycles. The lowest BCUT2D eigenvalue weighted by molar-refractivity contribution is -0.147. The summed E-state index contributed by atoms with van der Waals surface area (Å²) < 4.78 is 10.9. The molecule has 0 bridgehead atoms. The molecule has 2 N–H and O–H groups in total. The highest BCUT2D eigenvalue weighted by Crippen LogP contribution is 2.67. The minimum absolute atomic E-state index is 0.00883. The first-order valence-electron chi connectivity index (χ1n) is 14.7. The number of fused-ring (bicyclic) bond motifs is 1. The molecule has 3 fully saturated rings. The molecule has 3 aromatic rings. The Bertz CT molecular complexity index is 1470. The van der Waals surface area contributed by atoms with Gasteiger partial charge in [-0.05, 0) is 85.1 Å². The predicted octanol–water partition coefficient (Wildman–Crippen LogP) is 6.52. The number of nitrogens with one attached hydrogen (secondary N) is 2. The summed E-state index contributed by atoms with van der Waals surface area (Å²) in [5, 5.41) is 4.41. The molecule has 2 heterocycles. The highest BCUT2D eigenvalue weighted by molar-refractivity contribution is 7.99. The van der Waals surface area contributed by atoms with Crippen LogP contribution in [0.1, 0.15) is 63.1 Å². The van der Waals surface area contributed by atoms with Crippen molar-refractivity contribution < 1.29 is 19.1 Å². The zero-order valence-corrected chi connectivity index (χ0v) is 25.5. The number of thioether (sulfide) groups is 1. The number of aromatic amines is 1. The number of methoxy groups -OCH3 is 2. The molecule has 2 amide bonds. The van der Waals surface area contributed by atoms with E-state index in [2.05, 4.69) is 55.3 Å². The Morgan fingerprint density at radius 3 is 2.49 bits per heavy atom. The van der Waals surface area contributed by atoms with Gasteiger partial charge in [0.05, 0.1) is 19.9 Å². The Morgan fingerprint density at radius 1 is 1.07 bits per heavy atom. The van der Waals surface area contributed by atoms with Crippen molar-refractivity contribution in [3.8, 4) is 11.5 Å². The second-order valence-corrected chi connectivity index (χ2v) is 13.7. The minimum Gasteiger partial charge on any atom is -0.497 e. The molecule has 2 saturated carbocycles. The fraction of sp³-hybridized carbons (Fsp3) is 0.515. The van der Waals surface area contributed by atoms with Crippen LogP contribution in [0, 0.1) is 18.3 Å². The van der Waals surface area contributed by atoms with E-state index < -0.39 is 5.54 Å². The highest BCUT2D eigenvalue weighted by atomic mass is 32.2. The Labute approximate surface area is 246 Å². The number of rotatable bonds is 9. The number of nitrogens with zero attached hydrogens (tertiary/aromatic N) is 1. The number of hydrogen-bond acceptors (Lipinski definition) is 5. The lowest BCUT2D eigenvalue weighted by Gasteiger charge is -2.45. The summed E-state index contributed by atoms with van der Waals surface area (Å²) in [5.41, 5.74) is 3.42. The number of para-hydroxylation sites is 1. The lowest BCUT2D eigenvalue weighted by atomic mass is 9.87. The molecule has 7 nitrogen and oxygen atoms in total. The highest BCUT2D eigenvalue weighted by Gasteiger charge is 2.61. The SMILES string of the molecule is COc1ccc(NC(=O)C2(N(C(=O)C[C@H]3[C@@H](c4c(C)[nH]c5ccccc45)C3(C)C)C3CC3)CCSCC2)c(OC)c1. The normalized spacial score (nSPS) is 22.7. The third-order valence-electron chi connectivity index (χ3n) is 9.74. The van der Waals surface area contributed by atoms with Crippen LogP contribution in [0.2, 0.25) is 0 Å². The molecule has 1 aliphatic heterocycles. The first-order valence-corrected chi connectivity index (χ1v) is 15.9. The average molecular weight is 576 g/mol. The summed E-state index contributed by atoms with van der Waals surface area (Å²) in [7, 11) is 3.19. The maximum atomic E-state index is 14.4. The number of ether oxygens (including phenoxy) is 2. The number of carbonyl (C=O) groups is 2. The molecule has 1 saturated heterocycles. The van der Waals surface area contributed by atoms with Gasteiger partial charge in [0.25, 0.3) is 5.91 Å². The van der Waals surface area contributed by atoms with Crippen molar-refractivity contribution in [1.29, 1.82) is 0 Å². The van der Waals surface area contributed by atoms with E-state index in [0.717, 1.165) is 29.9 Å². The molecule has 2 aliphatic carbocycles. The van der Waals surface area contributed by atoms with Crippen LogP contribution in [-0.4, -0.2) is 59.0 Å². The van der Waals surface area contributed by atoms with E-state index in [4.69, 9.17) is 9.47 Å². The number of hydrogen-bond donors (Lipinski definition) is 2. The fourth-order valence-electron chi connectivity index (χ4n) is 7.24. The van der Waals surface area contributed by atoms with Gasteiger partial charge in [-0.2, -0.15) is 11.8 Å². The quantitative estimate of drug-likeness (QED) is 0.304. The number of carbonyl (C=O) groups excluding carboxylic acids is 2. The van der Waals surface area contributed by atoms with Crippen molar-refractivity contribution in [2.24, 2.45) is 11.3 Å². The van der Waals surface area contributed by atoms with Gasteiger partial charge in [-0.3, -0.25) is 9.59 Å². The summed E-state index contributed by atoms with van der Waals surface area (Å²) >= 11 is 1.86. The van der Waals surface area contributed by atoms with Gasteiger partial charge >= 0.3 is 0 Å². The summed E-state index contributed by atoms with van der Waals surface area (Å²) in [5.74, 6) is 3.46. The number of aromatic nitrogens is 1. The number of anilines is 1. The maximum absolute atomic E-state index is 14.4. The van der Waals surface area contributed by atoms with Gasteiger partial charge < -0.3 is 24.7 Å². The van der Waals surface area contributed by atoms with Crippen LogP contribution in [0.3, 0.4) is 0 Å². The van der Waals surface area contributed by atoms with Crippen molar-refractivity contribution in [3.05, 3.63) is 53.7 Å². The minimum atomic E-state index is -0.861. The maximum Gasteiger partial charge on any atom is 0.250 e. The lowest BCUT2D eigenvalue weighted by Crippen LogP contribution is -2.61. The molecule has 2 aromatic carbocycles. The topological polar surface area (TPSA) is 83.7 Å². The summed E-state index contributed by atoms with van der Waals surface area (Å²) in [6.45, 7) is 6.72. The molecule has 2 atom stereocenters. The van der Waals surface area contributed by atoms with E-state index in [0.29, 0.717) is 42.4 Å². The Morgan fingerprint density at radius 2 is 1.80 bits per heavy atom. The van der Waals surface area contributed by atoms with Gasteiger partial charge in [-0.1, -0.05) is 32.0 Å². The molecular formula is C33H41N3O4S. The second kappa shape index (κ2) is 10.6. The second-order valence-electron chi connectivity index (χ2n) is 12.5. The molecule has 6 rings (SSSR count). The number of aryl methyl sites for hydroxylation is 1. The smallest absolute Gasteiger partial charge is 0.250 e. The van der Waals surface area contributed by atoms with Gasteiger partial charge in [-0.25, -0.2) is 0 Å². The Hall–Kier alpha value is -3.13. The monoisotopic (exact) mass is 575 g/mol. The first-order chi connectivity index (χ1) is 19.7. The number of amides is 2. The van der Waals surface area contributed by atoms with Gasteiger partial charge in [0, 0.05) is 35.1 Å². The van der Waals surface area contributed by atoms with E-state index in [9.17, 15) is 9.59 Å². The first kappa shape index (κ1) is 28.0.